The van der Waals surface area contributed by atoms with E-state index in [9.17, 15) is 4.57 Å². The molecule has 1 aliphatic heterocycles. The zero-order valence-electron chi connectivity index (χ0n) is 10.7. The number of hydrogen-bond donors (Lipinski definition) is 0. The summed E-state index contributed by atoms with van der Waals surface area (Å²) in [5, 5.41) is 1.66. The first-order valence-corrected chi connectivity index (χ1v) is 8.63. The smallest absolute Gasteiger partial charge is 0.122 e. The molecule has 0 saturated carbocycles. The molecule has 0 aliphatic carbocycles. The lowest BCUT2D eigenvalue weighted by molar-refractivity contribution is 0.107. The highest BCUT2D eigenvalue weighted by molar-refractivity contribution is 7.72. The fourth-order valence-corrected chi connectivity index (χ4v) is 5.78. The molecular weight excluding hydrogens is 267 g/mol. The third-order valence-corrected chi connectivity index (χ3v) is 6.95. The Morgan fingerprint density at radius 2 is 2.06 bits per heavy atom. The Hall–Kier alpha value is -0.560. The summed E-state index contributed by atoms with van der Waals surface area (Å²) in [6.45, 7) is 4.47. The van der Waals surface area contributed by atoms with E-state index in [2.05, 4.69) is 0 Å². The van der Waals surface area contributed by atoms with Crippen molar-refractivity contribution in [2.24, 2.45) is 0 Å². The highest BCUT2D eigenvalue weighted by Gasteiger charge is 2.36. The van der Waals surface area contributed by atoms with Gasteiger partial charge in [-0.3, -0.25) is 0 Å². The fraction of sp³-hybridized carbons (Fsp3) is 0.429. The molecule has 1 aromatic rings. The summed E-state index contributed by atoms with van der Waals surface area (Å²) in [5.41, 5.74) is 0.994. The van der Waals surface area contributed by atoms with Crippen molar-refractivity contribution in [3.8, 4) is 0 Å². The van der Waals surface area contributed by atoms with E-state index in [1.165, 1.54) is 0 Å². The third kappa shape index (κ3) is 2.71. The van der Waals surface area contributed by atoms with Gasteiger partial charge < -0.3 is 9.30 Å². The van der Waals surface area contributed by atoms with Crippen molar-refractivity contribution in [1.29, 1.82) is 0 Å². The van der Waals surface area contributed by atoms with Crippen molar-refractivity contribution >= 4 is 24.0 Å². The molecule has 1 aromatic carbocycles. The molecule has 0 bridgehead atoms. The largest absolute Gasteiger partial charge is 0.372 e. The van der Waals surface area contributed by atoms with Crippen LogP contribution >= 0.6 is 18.7 Å². The molecule has 2 rings (SSSR count). The summed E-state index contributed by atoms with van der Waals surface area (Å²) < 4.78 is 18.7. The van der Waals surface area contributed by atoms with Gasteiger partial charge in [-0.2, -0.15) is 0 Å². The number of benzene rings is 1. The van der Waals surface area contributed by atoms with Gasteiger partial charge in [0.1, 0.15) is 13.2 Å². The Morgan fingerprint density at radius 3 is 2.67 bits per heavy atom. The minimum atomic E-state index is -2.41. The van der Waals surface area contributed by atoms with Gasteiger partial charge in [0.2, 0.25) is 0 Å². The van der Waals surface area contributed by atoms with Gasteiger partial charge in [-0.1, -0.05) is 41.9 Å². The van der Waals surface area contributed by atoms with Crippen molar-refractivity contribution in [2.75, 3.05) is 18.9 Å². The first kappa shape index (κ1) is 13.9. The number of halogens is 1. The molecule has 0 saturated heterocycles. The van der Waals surface area contributed by atoms with Gasteiger partial charge in [0, 0.05) is 29.3 Å². The monoisotopic (exact) mass is 284 g/mol. The number of rotatable bonds is 3. The van der Waals surface area contributed by atoms with Crippen LogP contribution in [-0.2, 0) is 9.30 Å². The second-order valence-electron chi connectivity index (χ2n) is 4.64. The van der Waals surface area contributed by atoms with Crippen LogP contribution < -0.4 is 5.30 Å². The molecule has 2 unspecified atom stereocenters. The fourth-order valence-electron chi connectivity index (χ4n) is 2.37. The average molecular weight is 285 g/mol. The molecule has 18 heavy (non-hydrogen) atoms. The minimum absolute atomic E-state index is 0.212. The van der Waals surface area contributed by atoms with E-state index in [0.717, 1.165) is 15.9 Å². The van der Waals surface area contributed by atoms with Crippen LogP contribution in [0, 0.1) is 0 Å². The summed E-state index contributed by atoms with van der Waals surface area (Å²) in [4.78, 5) is 0. The van der Waals surface area contributed by atoms with Crippen molar-refractivity contribution in [2.45, 2.75) is 20.0 Å². The quantitative estimate of drug-likeness (QED) is 0.793. The molecule has 2 atom stereocenters. The average Bonchev–Trinajstić information content (AvgIpc) is 2.37. The first-order chi connectivity index (χ1) is 8.57. The lowest BCUT2D eigenvalue weighted by Gasteiger charge is -2.30. The van der Waals surface area contributed by atoms with E-state index in [0.29, 0.717) is 18.9 Å². The van der Waals surface area contributed by atoms with E-state index in [-0.39, 0.29) is 6.10 Å². The minimum Gasteiger partial charge on any atom is -0.372 e. The summed E-state index contributed by atoms with van der Waals surface area (Å²) >= 11 is 6.26. The highest BCUT2D eigenvalue weighted by atomic mass is 35.5. The number of hydrogen-bond acceptors (Lipinski definition) is 2. The summed E-state index contributed by atoms with van der Waals surface area (Å²) in [7, 11) is -2.41. The Balaban J connectivity index is 2.35. The van der Waals surface area contributed by atoms with Crippen molar-refractivity contribution in [3.63, 3.8) is 0 Å². The standard InChI is InChI=1S/C14H18ClO2P/c1-3-17-13-10-18(16,9-11(2)14(13)15)12-7-5-4-6-8-12/h4-8,13H,3,9-10H2,1-2H3. The maximum absolute atomic E-state index is 13.1. The molecule has 2 nitrogen and oxygen atoms in total. The zero-order valence-corrected chi connectivity index (χ0v) is 12.4. The lowest BCUT2D eigenvalue weighted by Crippen LogP contribution is -2.28. The van der Waals surface area contributed by atoms with Gasteiger partial charge in [0.05, 0.1) is 0 Å². The van der Waals surface area contributed by atoms with E-state index in [1.807, 2.05) is 44.2 Å². The molecule has 4 heteroatoms. The second-order valence-corrected chi connectivity index (χ2v) is 8.02. The maximum atomic E-state index is 13.1. The molecule has 0 radical (unpaired) electrons. The SMILES string of the molecule is CCOC1CP(=O)(c2ccccc2)CC(C)=C1Cl. The van der Waals surface area contributed by atoms with Crippen LogP contribution in [0.5, 0.6) is 0 Å². The maximum Gasteiger partial charge on any atom is 0.122 e. The Kier molecular flexibility index (Phi) is 4.32. The van der Waals surface area contributed by atoms with Crippen LogP contribution in [-0.4, -0.2) is 25.0 Å². The Morgan fingerprint density at radius 1 is 1.39 bits per heavy atom. The van der Waals surface area contributed by atoms with Gasteiger partial charge in [-0.15, -0.1) is 0 Å². The molecule has 0 spiro atoms. The van der Waals surface area contributed by atoms with Gasteiger partial charge in [0.25, 0.3) is 0 Å². The van der Waals surface area contributed by atoms with Crippen LogP contribution in [0.3, 0.4) is 0 Å². The van der Waals surface area contributed by atoms with E-state index in [1.54, 1.807) is 0 Å². The van der Waals surface area contributed by atoms with Crippen LogP contribution in [0.25, 0.3) is 0 Å². The topological polar surface area (TPSA) is 26.3 Å². The zero-order chi connectivity index (χ0) is 13.2. The van der Waals surface area contributed by atoms with Crippen LogP contribution in [0.4, 0.5) is 0 Å². The Bertz CT molecular complexity index is 496. The summed E-state index contributed by atoms with van der Waals surface area (Å²) in [5.74, 6) is 0. The molecule has 1 aliphatic rings. The van der Waals surface area contributed by atoms with Crippen LogP contribution in [0.2, 0.25) is 0 Å². The van der Waals surface area contributed by atoms with Gasteiger partial charge in [0.15, 0.2) is 0 Å². The summed E-state index contributed by atoms with van der Waals surface area (Å²) in [6, 6.07) is 9.68. The molecular formula is C14H18ClO2P. The van der Waals surface area contributed by atoms with Crippen molar-refractivity contribution in [3.05, 3.63) is 40.9 Å². The van der Waals surface area contributed by atoms with Crippen molar-refractivity contribution < 1.29 is 9.30 Å². The molecule has 0 fully saturated rings. The number of ether oxygens (including phenoxy) is 1. The summed E-state index contributed by atoms with van der Waals surface area (Å²) in [6.07, 6.45) is 0.872. The predicted octanol–water partition coefficient (Wildman–Crippen LogP) is 3.61. The second kappa shape index (κ2) is 5.61. The van der Waals surface area contributed by atoms with E-state index >= 15 is 0 Å². The highest BCUT2D eigenvalue weighted by Crippen LogP contribution is 2.52. The van der Waals surface area contributed by atoms with Gasteiger partial charge in [-0.05, 0) is 19.4 Å². The molecule has 0 aromatic heterocycles. The van der Waals surface area contributed by atoms with E-state index in [4.69, 9.17) is 16.3 Å². The first-order valence-electron chi connectivity index (χ1n) is 6.17. The third-order valence-electron chi connectivity index (χ3n) is 3.24. The van der Waals surface area contributed by atoms with Gasteiger partial charge >= 0.3 is 0 Å². The lowest BCUT2D eigenvalue weighted by atomic mass is 10.2. The van der Waals surface area contributed by atoms with Crippen molar-refractivity contribution in [1.82, 2.24) is 0 Å². The van der Waals surface area contributed by atoms with Gasteiger partial charge in [-0.25, -0.2) is 0 Å². The molecule has 1 heterocycles. The van der Waals surface area contributed by atoms with E-state index < -0.39 is 7.14 Å². The van der Waals surface area contributed by atoms with Crippen LogP contribution in [0.1, 0.15) is 13.8 Å². The molecule has 0 amide bonds. The molecule has 98 valence electrons. The molecule has 0 N–H and O–H groups in total. The number of allylic oxidation sites excluding steroid dienone is 1. The van der Waals surface area contributed by atoms with Crippen LogP contribution in [0.15, 0.2) is 40.9 Å². The normalized spacial score (nSPS) is 28.5. The Labute approximate surface area is 113 Å². The predicted molar refractivity (Wildman–Crippen MR) is 77.4 cm³/mol.